The Morgan fingerprint density at radius 1 is 0.967 bits per heavy atom. The first-order valence-corrected chi connectivity index (χ1v) is 9.60. The number of halogens is 1. The Hall–Kier alpha value is -3.77. The summed E-state index contributed by atoms with van der Waals surface area (Å²) < 4.78 is 1.63. The fourth-order valence-electron chi connectivity index (χ4n) is 3.84. The number of aryl methyl sites for hydroxylation is 1. The van der Waals surface area contributed by atoms with Gasteiger partial charge in [-0.05, 0) is 19.1 Å². The Bertz CT molecular complexity index is 1400. The average molecular weight is 416 g/mol. The molecule has 2 heterocycles. The molecular weight excluding hydrogens is 402 g/mol. The van der Waals surface area contributed by atoms with Crippen LogP contribution in [-0.2, 0) is 0 Å². The minimum absolute atomic E-state index is 0.198. The van der Waals surface area contributed by atoms with E-state index in [1.807, 2.05) is 0 Å². The van der Waals surface area contributed by atoms with Crippen molar-refractivity contribution in [3.8, 4) is 0 Å². The first-order chi connectivity index (χ1) is 14.5. The SMILES string of the molecule is Cc1nc2cc(Cl)ccn2c1C(=O)Nc1cccc2c1C(=O)c1ccccc1C2=O. The van der Waals surface area contributed by atoms with E-state index >= 15 is 0 Å². The molecule has 4 aromatic rings. The molecule has 2 aromatic heterocycles. The quantitative estimate of drug-likeness (QED) is 0.465. The number of imidazole rings is 1. The molecule has 2 aromatic carbocycles. The van der Waals surface area contributed by atoms with Crippen LogP contribution >= 0.6 is 11.6 Å². The van der Waals surface area contributed by atoms with Crippen LogP contribution in [-0.4, -0.2) is 26.9 Å². The van der Waals surface area contributed by atoms with Crippen molar-refractivity contribution in [1.82, 2.24) is 9.38 Å². The van der Waals surface area contributed by atoms with Crippen molar-refractivity contribution in [3.05, 3.63) is 99.5 Å². The van der Waals surface area contributed by atoms with E-state index in [-0.39, 0.29) is 28.4 Å². The Kier molecular flexibility index (Phi) is 4.04. The summed E-state index contributed by atoms with van der Waals surface area (Å²) in [6.07, 6.45) is 1.66. The highest BCUT2D eigenvalue weighted by Crippen LogP contribution is 2.32. The van der Waals surface area contributed by atoms with Crippen molar-refractivity contribution < 1.29 is 14.4 Å². The maximum Gasteiger partial charge on any atom is 0.274 e. The number of nitrogens with zero attached hydrogens (tertiary/aromatic N) is 2. The topological polar surface area (TPSA) is 80.5 Å². The van der Waals surface area contributed by atoms with Gasteiger partial charge in [0.1, 0.15) is 11.3 Å². The third-order valence-corrected chi connectivity index (χ3v) is 5.41. The number of nitrogens with one attached hydrogen (secondary N) is 1. The van der Waals surface area contributed by atoms with E-state index in [4.69, 9.17) is 11.6 Å². The standard InChI is InChI=1S/C23H14ClN3O3/c1-12-20(27-10-9-13(24)11-18(27)25-12)23(30)26-17-8-4-7-16-19(17)22(29)15-6-3-2-5-14(15)21(16)28/h2-11H,1H3,(H,26,30). The zero-order valence-corrected chi connectivity index (χ0v) is 16.5. The fourth-order valence-corrected chi connectivity index (χ4v) is 4.00. The summed E-state index contributed by atoms with van der Waals surface area (Å²) in [5.41, 5.74) is 2.85. The Labute approximate surface area is 176 Å². The van der Waals surface area contributed by atoms with Crippen LogP contribution in [0.3, 0.4) is 0 Å². The molecular formula is C23H14ClN3O3. The molecule has 0 radical (unpaired) electrons. The van der Waals surface area contributed by atoms with Crippen molar-refractivity contribution in [2.24, 2.45) is 0 Å². The average Bonchev–Trinajstić information content (AvgIpc) is 3.06. The molecule has 0 spiro atoms. The minimum atomic E-state index is -0.435. The van der Waals surface area contributed by atoms with Crippen LogP contribution in [0.4, 0.5) is 5.69 Å². The van der Waals surface area contributed by atoms with E-state index in [2.05, 4.69) is 10.3 Å². The normalized spacial score (nSPS) is 12.6. The molecule has 30 heavy (non-hydrogen) atoms. The fraction of sp³-hybridized carbons (Fsp3) is 0.0435. The van der Waals surface area contributed by atoms with Gasteiger partial charge in [-0.1, -0.05) is 48.0 Å². The van der Waals surface area contributed by atoms with Crippen molar-refractivity contribution >= 4 is 40.4 Å². The minimum Gasteiger partial charge on any atom is -0.320 e. The molecule has 0 bridgehead atoms. The monoisotopic (exact) mass is 415 g/mol. The molecule has 0 fully saturated rings. The van der Waals surface area contributed by atoms with Gasteiger partial charge in [-0.15, -0.1) is 0 Å². The maximum absolute atomic E-state index is 13.1. The van der Waals surface area contributed by atoms with Crippen molar-refractivity contribution in [2.75, 3.05) is 5.32 Å². The molecule has 1 aliphatic rings. The van der Waals surface area contributed by atoms with E-state index < -0.39 is 5.91 Å². The molecule has 146 valence electrons. The van der Waals surface area contributed by atoms with E-state index in [1.165, 1.54) is 0 Å². The molecule has 6 nitrogen and oxygen atoms in total. The number of anilines is 1. The highest BCUT2D eigenvalue weighted by Gasteiger charge is 2.32. The predicted molar refractivity (Wildman–Crippen MR) is 113 cm³/mol. The van der Waals surface area contributed by atoms with E-state index in [0.717, 1.165) is 0 Å². The van der Waals surface area contributed by atoms with Crippen molar-refractivity contribution in [2.45, 2.75) is 6.92 Å². The first kappa shape index (κ1) is 18.3. The van der Waals surface area contributed by atoms with Crippen LogP contribution in [0.1, 0.15) is 48.0 Å². The van der Waals surface area contributed by atoms with Crippen molar-refractivity contribution in [1.29, 1.82) is 0 Å². The van der Waals surface area contributed by atoms with Crippen LogP contribution < -0.4 is 5.32 Å². The van der Waals surface area contributed by atoms with Gasteiger partial charge in [0.05, 0.1) is 16.9 Å². The number of hydrogen-bond donors (Lipinski definition) is 1. The maximum atomic E-state index is 13.1. The van der Waals surface area contributed by atoms with Crippen LogP contribution in [0, 0.1) is 6.92 Å². The number of fused-ring (bicyclic) bond motifs is 3. The Balaban J connectivity index is 1.59. The predicted octanol–water partition coefficient (Wildman–Crippen LogP) is 4.32. The molecule has 1 amide bonds. The van der Waals surface area contributed by atoms with Crippen LogP contribution in [0.2, 0.25) is 5.02 Å². The lowest BCUT2D eigenvalue weighted by atomic mass is 9.83. The number of amides is 1. The molecule has 0 atom stereocenters. The van der Waals surface area contributed by atoms with Gasteiger partial charge < -0.3 is 5.32 Å². The van der Waals surface area contributed by atoms with E-state index in [1.54, 1.807) is 72.1 Å². The third-order valence-electron chi connectivity index (χ3n) is 5.18. The summed E-state index contributed by atoms with van der Waals surface area (Å²) in [4.78, 5) is 43.5. The van der Waals surface area contributed by atoms with Crippen LogP contribution in [0.5, 0.6) is 0 Å². The smallest absolute Gasteiger partial charge is 0.274 e. The Morgan fingerprint density at radius 2 is 1.67 bits per heavy atom. The lowest BCUT2D eigenvalue weighted by molar-refractivity contribution is 0.0978. The molecule has 5 rings (SSSR count). The highest BCUT2D eigenvalue weighted by molar-refractivity contribution is 6.31. The molecule has 0 saturated heterocycles. The second-order valence-corrected chi connectivity index (χ2v) is 7.44. The molecule has 1 aliphatic carbocycles. The molecule has 1 N–H and O–H groups in total. The summed E-state index contributed by atoms with van der Waals surface area (Å²) in [6, 6.07) is 14.9. The number of aromatic nitrogens is 2. The number of carbonyl (C=O) groups excluding carboxylic acids is 3. The van der Waals surface area contributed by atoms with Crippen molar-refractivity contribution in [3.63, 3.8) is 0 Å². The molecule has 0 aliphatic heterocycles. The number of carbonyl (C=O) groups is 3. The number of pyridine rings is 1. The first-order valence-electron chi connectivity index (χ1n) is 9.22. The zero-order chi connectivity index (χ0) is 21.0. The number of rotatable bonds is 2. The lowest BCUT2D eigenvalue weighted by Crippen LogP contribution is -2.24. The summed E-state index contributed by atoms with van der Waals surface area (Å²) in [7, 11) is 0. The van der Waals surface area contributed by atoms with Gasteiger partial charge in [-0.25, -0.2) is 4.98 Å². The summed E-state index contributed by atoms with van der Waals surface area (Å²) in [5.74, 6) is -0.968. The van der Waals surface area contributed by atoms with Gasteiger partial charge in [0.2, 0.25) is 0 Å². The molecule has 0 saturated carbocycles. The number of benzene rings is 2. The third kappa shape index (κ3) is 2.65. The van der Waals surface area contributed by atoms with Gasteiger partial charge in [0.15, 0.2) is 11.6 Å². The molecule has 0 unspecified atom stereocenters. The lowest BCUT2D eigenvalue weighted by Gasteiger charge is -2.20. The van der Waals surface area contributed by atoms with Gasteiger partial charge in [-0.2, -0.15) is 0 Å². The van der Waals surface area contributed by atoms with Gasteiger partial charge >= 0.3 is 0 Å². The van der Waals surface area contributed by atoms with E-state index in [9.17, 15) is 14.4 Å². The van der Waals surface area contributed by atoms with Gasteiger partial charge in [0.25, 0.3) is 5.91 Å². The molecule has 7 heteroatoms. The summed E-state index contributed by atoms with van der Waals surface area (Å²) >= 11 is 6.02. The van der Waals surface area contributed by atoms with Gasteiger partial charge in [0, 0.05) is 34.0 Å². The summed E-state index contributed by atoms with van der Waals surface area (Å²) in [6.45, 7) is 1.72. The van der Waals surface area contributed by atoms with E-state index in [0.29, 0.717) is 33.2 Å². The zero-order valence-electron chi connectivity index (χ0n) is 15.8. The number of ketones is 2. The van der Waals surface area contributed by atoms with Crippen LogP contribution in [0.15, 0.2) is 60.8 Å². The highest BCUT2D eigenvalue weighted by atomic mass is 35.5. The second kappa shape index (κ2) is 6.64. The summed E-state index contributed by atoms with van der Waals surface area (Å²) in [5, 5.41) is 3.31. The van der Waals surface area contributed by atoms with Gasteiger partial charge in [-0.3, -0.25) is 18.8 Å². The second-order valence-electron chi connectivity index (χ2n) is 7.01. The largest absolute Gasteiger partial charge is 0.320 e. The van der Waals surface area contributed by atoms with Crippen LogP contribution in [0.25, 0.3) is 5.65 Å². The Morgan fingerprint density at radius 3 is 2.43 bits per heavy atom. The number of hydrogen-bond acceptors (Lipinski definition) is 4.